The predicted molar refractivity (Wildman–Crippen MR) is 91.9 cm³/mol. The minimum Gasteiger partial charge on any atom is -0.462 e. The highest BCUT2D eigenvalue weighted by Gasteiger charge is 2.52. The number of rotatable bonds is 5. The third-order valence-electron chi connectivity index (χ3n) is 4.39. The van der Waals surface area contributed by atoms with E-state index in [2.05, 4.69) is 0 Å². The first-order valence-corrected chi connectivity index (χ1v) is 10.2. The van der Waals surface area contributed by atoms with Crippen molar-refractivity contribution in [1.82, 2.24) is 4.31 Å². The highest BCUT2D eigenvalue weighted by molar-refractivity contribution is 7.89. The molecule has 1 aromatic rings. The minimum absolute atomic E-state index is 0.0648. The van der Waals surface area contributed by atoms with Gasteiger partial charge >= 0.3 is 5.97 Å². The average Bonchev–Trinajstić information content (AvgIpc) is 3.20. The summed E-state index contributed by atoms with van der Waals surface area (Å²) in [6, 6.07) is 5.97. The van der Waals surface area contributed by atoms with Crippen LogP contribution in [0.2, 0.25) is 0 Å². The molecule has 8 heteroatoms. The monoisotopic (exact) mass is 391 g/mol. The molecule has 1 saturated carbocycles. The van der Waals surface area contributed by atoms with E-state index >= 15 is 0 Å². The van der Waals surface area contributed by atoms with Crippen LogP contribution in [0.1, 0.15) is 36.0 Å². The third-order valence-corrected chi connectivity index (χ3v) is 7.21. The number of ether oxygens (including phenoxy) is 1. The molecule has 5 nitrogen and oxygen atoms in total. The molecule has 1 aliphatic carbocycles. The second-order valence-electron chi connectivity index (χ2n) is 6.25. The summed E-state index contributed by atoms with van der Waals surface area (Å²) >= 11 is 11.8. The Bertz CT molecular complexity index is 729. The minimum atomic E-state index is -3.57. The first-order chi connectivity index (χ1) is 11.3. The fourth-order valence-corrected chi connectivity index (χ4v) is 4.81. The van der Waals surface area contributed by atoms with E-state index in [9.17, 15) is 13.2 Å². The van der Waals surface area contributed by atoms with E-state index in [1.807, 2.05) is 0 Å². The summed E-state index contributed by atoms with van der Waals surface area (Å²) in [7, 11) is -3.57. The molecular weight excluding hydrogens is 373 g/mol. The lowest BCUT2D eigenvalue weighted by Crippen LogP contribution is -2.35. The number of nitrogens with zero attached hydrogens (tertiary/aromatic N) is 1. The van der Waals surface area contributed by atoms with Crippen LogP contribution in [0, 0.1) is 5.92 Å². The molecule has 0 spiro atoms. The number of carbonyl (C=O) groups excluding carboxylic acids is 1. The maximum atomic E-state index is 12.7. The molecule has 0 bridgehead atoms. The zero-order valence-electron chi connectivity index (χ0n) is 13.1. The standard InChI is InChI=1S/C16H19Cl2NO4S/c17-16(18)10-13(16)11-23-15(20)12-5-4-6-14(9-12)24(21,22)19-7-2-1-3-8-19/h4-6,9,13H,1-3,7-8,10-11H2/t13-/m0/s1. The first-order valence-electron chi connectivity index (χ1n) is 7.96. The van der Waals surface area contributed by atoms with Gasteiger partial charge in [-0.1, -0.05) is 12.5 Å². The van der Waals surface area contributed by atoms with E-state index in [4.69, 9.17) is 27.9 Å². The van der Waals surface area contributed by atoms with Gasteiger partial charge in [-0.2, -0.15) is 4.31 Å². The number of hydrogen-bond donors (Lipinski definition) is 0. The Morgan fingerprint density at radius 3 is 2.54 bits per heavy atom. The van der Waals surface area contributed by atoms with Crippen LogP contribution in [0.5, 0.6) is 0 Å². The first kappa shape index (κ1) is 18.0. The molecule has 2 aliphatic rings. The van der Waals surface area contributed by atoms with Crippen LogP contribution in [0.3, 0.4) is 0 Å². The predicted octanol–water partition coefficient (Wildman–Crippen LogP) is 3.21. The molecule has 1 aromatic carbocycles. The summed E-state index contributed by atoms with van der Waals surface area (Å²) in [6.07, 6.45) is 3.36. The lowest BCUT2D eigenvalue weighted by atomic mass is 10.2. The van der Waals surface area contributed by atoms with Crippen molar-refractivity contribution in [2.24, 2.45) is 5.92 Å². The Hall–Kier alpha value is -0.820. The summed E-state index contributed by atoms with van der Waals surface area (Å²) in [4.78, 5) is 12.2. The summed E-state index contributed by atoms with van der Waals surface area (Å²) in [5, 5.41) is 0. The van der Waals surface area contributed by atoms with Crippen molar-refractivity contribution in [2.45, 2.75) is 34.9 Å². The molecule has 1 atom stereocenters. The number of halogens is 2. The zero-order chi connectivity index (χ0) is 17.4. The molecular formula is C16H19Cl2NO4S. The Labute approximate surface area is 151 Å². The summed E-state index contributed by atoms with van der Waals surface area (Å²) < 4.78 is 31.2. The number of esters is 1. The molecule has 1 saturated heterocycles. The van der Waals surface area contributed by atoms with Gasteiger partial charge in [0.2, 0.25) is 10.0 Å². The summed E-state index contributed by atoms with van der Waals surface area (Å²) in [5.41, 5.74) is 0.212. The molecule has 0 amide bonds. The van der Waals surface area contributed by atoms with Crippen molar-refractivity contribution in [3.8, 4) is 0 Å². The zero-order valence-corrected chi connectivity index (χ0v) is 15.4. The van der Waals surface area contributed by atoms with Crippen LogP contribution in [-0.4, -0.2) is 42.7 Å². The normalized spacial score (nSPS) is 23.7. The maximum Gasteiger partial charge on any atom is 0.338 e. The number of piperidine rings is 1. The largest absolute Gasteiger partial charge is 0.462 e. The van der Waals surface area contributed by atoms with E-state index in [1.165, 1.54) is 16.4 Å². The number of sulfonamides is 1. The smallest absolute Gasteiger partial charge is 0.338 e. The van der Waals surface area contributed by atoms with Crippen LogP contribution in [0.15, 0.2) is 29.2 Å². The highest BCUT2D eigenvalue weighted by atomic mass is 35.5. The van der Waals surface area contributed by atoms with E-state index in [0.717, 1.165) is 19.3 Å². The Morgan fingerprint density at radius 1 is 1.25 bits per heavy atom. The Kier molecular flexibility index (Phi) is 5.12. The second kappa shape index (κ2) is 6.83. The Balaban J connectivity index is 1.70. The number of hydrogen-bond acceptors (Lipinski definition) is 4. The molecule has 24 heavy (non-hydrogen) atoms. The van der Waals surface area contributed by atoms with Crippen LogP contribution in [-0.2, 0) is 14.8 Å². The van der Waals surface area contributed by atoms with E-state index in [1.54, 1.807) is 12.1 Å². The second-order valence-corrected chi connectivity index (χ2v) is 9.73. The van der Waals surface area contributed by atoms with Crippen LogP contribution < -0.4 is 0 Å². The van der Waals surface area contributed by atoms with Gasteiger partial charge < -0.3 is 4.74 Å². The van der Waals surface area contributed by atoms with Crippen molar-refractivity contribution < 1.29 is 17.9 Å². The molecule has 1 heterocycles. The molecule has 0 unspecified atom stereocenters. The third kappa shape index (κ3) is 3.87. The van der Waals surface area contributed by atoms with Gasteiger partial charge in [0.05, 0.1) is 17.1 Å². The SMILES string of the molecule is O=C(OC[C@@H]1CC1(Cl)Cl)c1cccc(S(=O)(=O)N2CCCCC2)c1. The van der Waals surface area contributed by atoms with Gasteiger partial charge in [-0.3, -0.25) is 0 Å². The van der Waals surface area contributed by atoms with Gasteiger partial charge in [-0.25, -0.2) is 13.2 Å². The van der Waals surface area contributed by atoms with Crippen molar-refractivity contribution >= 4 is 39.2 Å². The topological polar surface area (TPSA) is 63.7 Å². The molecule has 0 N–H and O–H groups in total. The summed E-state index contributed by atoms with van der Waals surface area (Å²) in [5.74, 6) is -0.633. The maximum absolute atomic E-state index is 12.7. The van der Waals surface area contributed by atoms with Crippen molar-refractivity contribution in [1.29, 1.82) is 0 Å². The Morgan fingerprint density at radius 2 is 1.92 bits per heavy atom. The molecule has 132 valence electrons. The average molecular weight is 392 g/mol. The number of alkyl halides is 2. The van der Waals surface area contributed by atoms with Crippen molar-refractivity contribution in [3.63, 3.8) is 0 Å². The van der Waals surface area contributed by atoms with Gasteiger partial charge in [-0.05, 0) is 37.5 Å². The van der Waals surface area contributed by atoms with Crippen LogP contribution >= 0.6 is 23.2 Å². The molecule has 3 rings (SSSR count). The van der Waals surface area contributed by atoms with E-state index in [0.29, 0.717) is 19.5 Å². The molecule has 2 fully saturated rings. The van der Waals surface area contributed by atoms with Crippen molar-refractivity contribution in [2.75, 3.05) is 19.7 Å². The molecule has 0 aromatic heterocycles. The van der Waals surface area contributed by atoms with Gasteiger partial charge in [0.1, 0.15) is 4.33 Å². The van der Waals surface area contributed by atoms with Crippen LogP contribution in [0.4, 0.5) is 0 Å². The quantitative estimate of drug-likeness (QED) is 0.570. The highest BCUT2D eigenvalue weighted by Crippen LogP contribution is 2.53. The van der Waals surface area contributed by atoms with E-state index in [-0.39, 0.29) is 23.0 Å². The molecule has 1 aliphatic heterocycles. The number of benzene rings is 1. The molecule has 0 radical (unpaired) electrons. The van der Waals surface area contributed by atoms with Crippen molar-refractivity contribution in [3.05, 3.63) is 29.8 Å². The van der Waals surface area contributed by atoms with Gasteiger partial charge in [-0.15, -0.1) is 23.2 Å². The summed E-state index contributed by atoms with van der Waals surface area (Å²) in [6.45, 7) is 1.17. The lowest BCUT2D eigenvalue weighted by molar-refractivity contribution is 0.0485. The van der Waals surface area contributed by atoms with Gasteiger partial charge in [0.25, 0.3) is 0 Å². The van der Waals surface area contributed by atoms with Crippen LogP contribution in [0.25, 0.3) is 0 Å². The van der Waals surface area contributed by atoms with Gasteiger partial charge in [0.15, 0.2) is 0 Å². The number of carbonyl (C=O) groups is 1. The van der Waals surface area contributed by atoms with E-state index < -0.39 is 20.3 Å². The van der Waals surface area contributed by atoms with Gasteiger partial charge in [0, 0.05) is 19.0 Å². The fourth-order valence-electron chi connectivity index (χ4n) is 2.75. The fraction of sp³-hybridized carbons (Fsp3) is 0.562. The lowest BCUT2D eigenvalue weighted by Gasteiger charge is -2.25.